The fourth-order valence-electron chi connectivity index (χ4n) is 3.14. The van der Waals surface area contributed by atoms with Crippen molar-refractivity contribution in [3.05, 3.63) is 104 Å². The molecule has 0 fully saturated rings. The predicted octanol–water partition coefficient (Wildman–Crippen LogP) is 5.36. The van der Waals surface area contributed by atoms with Gasteiger partial charge in [-0.3, -0.25) is 19.6 Å². The fourth-order valence-corrected chi connectivity index (χ4v) is 3.36. The van der Waals surface area contributed by atoms with Crippen molar-refractivity contribution in [2.24, 2.45) is 0 Å². The molecule has 0 aliphatic rings. The Balaban J connectivity index is 1.37. The van der Waals surface area contributed by atoms with Gasteiger partial charge in [-0.05, 0) is 43.3 Å². The van der Waals surface area contributed by atoms with Crippen molar-refractivity contribution in [3.63, 3.8) is 0 Å². The maximum Gasteiger partial charge on any atom is 0.292 e. The van der Waals surface area contributed by atoms with E-state index in [2.05, 4.69) is 10.4 Å². The first-order chi connectivity index (χ1) is 16.3. The van der Waals surface area contributed by atoms with Crippen LogP contribution in [0.15, 0.2) is 65.1 Å². The van der Waals surface area contributed by atoms with Gasteiger partial charge in [-0.15, -0.1) is 0 Å². The van der Waals surface area contributed by atoms with Gasteiger partial charge in [-0.2, -0.15) is 5.10 Å². The van der Waals surface area contributed by atoms with E-state index in [4.69, 9.17) is 20.8 Å². The molecule has 0 unspecified atom stereocenters. The molecule has 2 aromatic carbocycles. The average Bonchev–Trinajstić information content (AvgIpc) is 3.41. The molecule has 0 aliphatic carbocycles. The molecule has 174 valence electrons. The zero-order valence-corrected chi connectivity index (χ0v) is 18.6. The SMILES string of the molecule is Cc1cc(NC(=O)c2ccc(COc3ccc([N+](=O)[O-])cc3)o2)nn1Cc1c(F)cccc1Cl. The lowest BCUT2D eigenvalue weighted by Crippen LogP contribution is -2.12. The molecule has 0 aliphatic heterocycles. The first-order valence-corrected chi connectivity index (χ1v) is 10.4. The lowest BCUT2D eigenvalue weighted by Gasteiger charge is -2.07. The van der Waals surface area contributed by atoms with Crippen LogP contribution in [0.4, 0.5) is 15.9 Å². The van der Waals surface area contributed by atoms with Crippen molar-refractivity contribution in [1.82, 2.24) is 9.78 Å². The minimum absolute atomic E-state index is 0.0300. The van der Waals surface area contributed by atoms with E-state index in [9.17, 15) is 19.3 Å². The van der Waals surface area contributed by atoms with Gasteiger partial charge >= 0.3 is 0 Å². The third-order valence-corrected chi connectivity index (χ3v) is 5.26. The van der Waals surface area contributed by atoms with Gasteiger partial charge in [0.05, 0.1) is 11.5 Å². The molecule has 4 rings (SSSR count). The summed E-state index contributed by atoms with van der Waals surface area (Å²) in [6, 6.07) is 14.8. The first kappa shape index (κ1) is 23.0. The molecule has 0 saturated heterocycles. The van der Waals surface area contributed by atoms with Crippen LogP contribution in [0.5, 0.6) is 5.75 Å². The van der Waals surface area contributed by atoms with E-state index in [1.54, 1.807) is 25.1 Å². The van der Waals surface area contributed by atoms with Crippen LogP contribution in [0, 0.1) is 22.9 Å². The summed E-state index contributed by atoms with van der Waals surface area (Å²) in [6.45, 7) is 1.91. The van der Waals surface area contributed by atoms with E-state index in [0.717, 1.165) is 0 Å². The van der Waals surface area contributed by atoms with Crippen LogP contribution < -0.4 is 10.1 Å². The number of rotatable bonds is 8. The van der Waals surface area contributed by atoms with Gasteiger partial charge in [0.1, 0.15) is 23.9 Å². The van der Waals surface area contributed by atoms with E-state index in [1.807, 2.05) is 0 Å². The van der Waals surface area contributed by atoms with Crippen LogP contribution in [0.25, 0.3) is 0 Å². The summed E-state index contributed by atoms with van der Waals surface area (Å²) in [5, 5.41) is 17.9. The summed E-state index contributed by atoms with van der Waals surface area (Å²) in [5.74, 6) is 0.173. The molecule has 0 atom stereocenters. The van der Waals surface area contributed by atoms with Crippen molar-refractivity contribution >= 4 is 29.0 Å². The van der Waals surface area contributed by atoms with E-state index >= 15 is 0 Å². The van der Waals surface area contributed by atoms with E-state index < -0.39 is 16.6 Å². The number of nitro benzene ring substituents is 1. The molecular formula is C23H18ClFN4O5. The number of hydrogen-bond acceptors (Lipinski definition) is 6. The molecule has 2 heterocycles. The predicted molar refractivity (Wildman–Crippen MR) is 122 cm³/mol. The Morgan fingerprint density at radius 3 is 2.71 bits per heavy atom. The second-order valence-electron chi connectivity index (χ2n) is 7.29. The highest BCUT2D eigenvalue weighted by atomic mass is 35.5. The van der Waals surface area contributed by atoms with Gasteiger partial charge in [0.2, 0.25) is 0 Å². The van der Waals surface area contributed by atoms with Gasteiger partial charge in [0.15, 0.2) is 11.6 Å². The lowest BCUT2D eigenvalue weighted by atomic mass is 10.2. The summed E-state index contributed by atoms with van der Waals surface area (Å²) >= 11 is 6.09. The molecule has 0 radical (unpaired) electrons. The Morgan fingerprint density at radius 1 is 1.24 bits per heavy atom. The Kier molecular flexibility index (Phi) is 6.60. The highest BCUT2D eigenvalue weighted by molar-refractivity contribution is 6.31. The third-order valence-electron chi connectivity index (χ3n) is 4.91. The van der Waals surface area contributed by atoms with Gasteiger partial charge in [0, 0.05) is 34.5 Å². The number of benzene rings is 2. The fraction of sp³-hybridized carbons (Fsp3) is 0.130. The lowest BCUT2D eigenvalue weighted by molar-refractivity contribution is -0.384. The Morgan fingerprint density at radius 2 is 2.00 bits per heavy atom. The first-order valence-electron chi connectivity index (χ1n) is 10.0. The smallest absolute Gasteiger partial charge is 0.292 e. The largest absolute Gasteiger partial charge is 0.486 e. The maximum atomic E-state index is 14.1. The molecule has 9 nitrogen and oxygen atoms in total. The van der Waals surface area contributed by atoms with E-state index in [0.29, 0.717) is 27.8 Å². The minimum Gasteiger partial charge on any atom is -0.486 e. The zero-order valence-electron chi connectivity index (χ0n) is 17.8. The summed E-state index contributed by atoms with van der Waals surface area (Å²) < 4.78 is 26.7. The van der Waals surface area contributed by atoms with Crippen molar-refractivity contribution in [2.45, 2.75) is 20.1 Å². The third kappa shape index (κ3) is 5.24. The maximum absolute atomic E-state index is 14.1. The highest BCUT2D eigenvalue weighted by Crippen LogP contribution is 2.22. The van der Waals surface area contributed by atoms with E-state index in [-0.39, 0.29) is 30.4 Å². The number of amides is 1. The van der Waals surface area contributed by atoms with Gasteiger partial charge in [-0.25, -0.2) is 4.39 Å². The topological polar surface area (TPSA) is 112 Å². The number of carbonyl (C=O) groups is 1. The van der Waals surface area contributed by atoms with Gasteiger partial charge in [0.25, 0.3) is 11.6 Å². The molecule has 0 spiro atoms. The Bertz CT molecular complexity index is 1330. The molecule has 11 heteroatoms. The van der Waals surface area contributed by atoms with Crippen LogP contribution in [-0.2, 0) is 13.2 Å². The number of furan rings is 1. The van der Waals surface area contributed by atoms with Crippen LogP contribution in [-0.4, -0.2) is 20.6 Å². The molecule has 0 saturated carbocycles. The summed E-state index contributed by atoms with van der Waals surface area (Å²) in [4.78, 5) is 22.8. The van der Waals surface area contributed by atoms with Gasteiger partial charge < -0.3 is 14.5 Å². The van der Waals surface area contributed by atoms with Crippen LogP contribution in [0.2, 0.25) is 5.02 Å². The summed E-state index contributed by atoms with van der Waals surface area (Å²) in [7, 11) is 0. The highest BCUT2D eigenvalue weighted by Gasteiger charge is 2.16. The van der Waals surface area contributed by atoms with Crippen molar-refractivity contribution in [3.8, 4) is 5.75 Å². The molecular weight excluding hydrogens is 467 g/mol. The normalized spacial score (nSPS) is 10.8. The average molecular weight is 485 g/mol. The van der Waals surface area contributed by atoms with Crippen LogP contribution in [0.3, 0.4) is 0 Å². The number of non-ortho nitro benzene ring substituents is 1. The number of anilines is 1. The number of nitro groups is 1. The Labute approximate surface area is 197 Å². The molecule has 34 heavy (non-hydrogen) atoms. The Hall–Kier alpha value is -4.18. The number of hydrogen-bond donors (Lipinski definition) is 1. The molecule has 4 aromatic rings. The minimum atomic E-state index is -0.518. The van der Waals surface area contributed by atoms with Gasteiger partial charge in [-0.1, -0.05) is 17.7 Å². The number of aromatic nitrogens is 2. The quantitative estimate of drug-likeness (QED) is 0.266. The van der Waals surface area contributed by atoms with Crippen molar-refractivity contribution in [2.75, 3.05) is 5.32 Å². The van der Waals surface area contributed by atoms with Crippen molar-refractivity contribution < 1.29 is 23.3 Å². The molecule has 0 bridgehead atoms. The number of nitrogens with zero attached hydrogens (tertiary/aromatic N) is 3. The second-order valence-corrected chi connectivity index (χ2v) is 7.70. The standard InChI is InChI=1S/C23H18ClFN4O5/c1-14-11-22(27-28(14)12-18-19(24)3-2-4-20(18)25)26-23(30)21-10-9-17(34-21)13-33-16-7-5-15(6-8-16)29(31)32/h2-11H,12-13H2,1H3,(H,26,27,30). The molecule has 1 N–H and O–H groups in total. The number of aryl methyl sites for hydroxylation is 1. The van der Waals surface area contributed by atoms with Crippen LogP contribution in [0.1, 0.15) is 27.6 Å². The monoisotopic (exact) mass is 484 g/mol. The van der Waals surface area contributed by atoms with Crippen LogP contribution >= 0.6 is 11.6 Å². The van der Waals surface area contributed by atoms with E-state index in [1.165, 1.54) is 47.1 Å². The number of carbonyl (C=O) groups excluding carboxylic acids is 1. The second kappa shape index (κ2) is 9.75. The summed E-state index contributed by atoms with van der Waals surface area (Å²) in [5.41, 5.74) is 0.960. The zero-order chi connectivity index (χ0) is 24.2. The number of nitrogens with one attached hydrogen (secondary N) is 1. The number of ether oxygens (including phenoxy) is 1. The number of halogens is 2. The van der Waals surface area contributed by atoms with Crippen molar-refractivity contribution in [1.29, 1.82) is 0 Å². The summed E-state index contributed by atoms with van der Waals surface area (Å²) in [6.07, 6.45) is 0. The molecule has 1 amide bonds. The molecule has 2 aromatic heterocycles.